The van der Waals surface area contributed by atoms with E-state index in [1.807, 2.05) is 12.1 Å². The molecule has 0 heterocycles. The fraction of sp³-hybridized carbons (Fsp3) is 0.568. The van der Waals surface area contributed by atoms with Gasteiger partial charge in [0, 0.05) is 19.2 Å². The number of aryl methyl sites for hydroxylation is 2. The molecule has 8 nitrogen and oxygen atoms in total. The molecule has 0 aromatic heterocycles. The summed E-state index contributed by atoms with van der Waals surface area (Å²) in [4.78, 5) is 25.1. The monoisotopic (exact) mass is 625 g/mol. The van der Waals surface area contributed by atoms with Crippen LogP contribution in [0.1, 0.15) is 82.3 Å². The predicted octanol–water partition coefficient (Wildman–Crippen LogP) is 7.22. The van der Waals surface area contributed by atoms with Crippen LogP contribution in [0, 0.1) is 13.8 Å². The van der Waals surface area contributed by atoms with Crippen molar-refractivity contribution in [3.05, 3.63) is 60.2 Å². The number of hydrogen-bond donors (Lipinski definition) is 1. The van der Waals surface area contributed by atoms with Crippen LogP contribution in [0.25, 0.3) is 11.1 Å². The van der Waals surface area contributed by atoms with Gasteiger partial charge < -0.3 is 29.0 Å². The first-order chi connectivity index (χ1) is 21.9. The van der Waals surface area contributed by atoms with Gasteiger partial charge in [0.05, 0.1) is 39.5 Å². The molecule has 250 valence electrons. The van der Waals surface area contributed by atoms with E-state index in [1.165, 1.54) is 28.3 Å². The molecule has 0 amide bonds. The van der Waals surface area contributed by atoms with Crippen molar-refractivity contribution < 1.29 is 33.6 Å². The lowest BCUT2D eigenvalue weighted by Crippen LogP contribution is -2.30. The Balaban J connectivity index is 1.62. The van der Waals surface area contributed by atoms with Crippen LogP contribution in [0.15, 0.2) is 49.1 Å². The van der Waals surface area contributed by atoms with Gasteiger partial charge in [0.1, 0.15) is 11.5 Å². The quantitative estimate of drug-likeness (QED) is 0.0703. The zero-order valence-electron chi connectivity index (χ0n) is 27.8. The smallest absolute Gasteiger partial charge is 0.330 e. The number of nitrogens with zero attached hydrogens (tertiary/aromatic N) is 1. The second-order valence-corrected chi connectivity index (χ2v) is 11.4. The van der Waals surface area contributed by atoms with Gasteiger partial charge in [0.25, 0.3) is 0 Å². The number of carbonyl (C=O) groups excluding carboxylic acids is 2. The second kappa shape index (κ2) is 23.0. The summed E-state index contributed by atoms with van der Waals surface area (Å²) in [6.07, 6.45) is 10.2. The molecule has 0 unspecified atom stereocenters. The van der Waals surface area contributed by atoms with Crippen LogP contribution in [-0.4, -0.2) is 74.6 Å². The van der Waals surface area contributed by atoms with Gasteiger partial charge in [0.2, 0.25) is 0 Å². The van der Waals surface area contributed by atoms with E-state index >= 15 is 0 Å². The summed E-state index contributed by atoms with van der Waals surface area (Å²) < 4.78 is 22.3. The van der Waals surface area contributed by atoms with E-state index in [0.717, 1.165) is 75.8 Å². The van der Waals surface area contributed by atoms with Crippen LogP contribution in [-0.2, 0) is 19.1 Å². The zero-order valence-corrected chi connectivity index (χ0v) is 27.8. The number of carbonyl (C=O) groups is 2. The molecule has 0 aliphatic rings. The van der Waals surface area contributed by atoms with Gasteiger partial charge >= 0.3 is 11.9 Å². The standard InChI is InChI=1S/C37H55NO7/c1-5-20-38(22-23-39)21-19-37(41)45-27-14-10-8-12-25-43-33-16-18-35(31(4)29-33)34-17-15-32(28-30(34)3)42-24-11-7-9-13-26-44-36(40)6-2/h6,15-18,28-29,39H,2,5,7-14,19-27H2,1,3-4H3. The molecule has 0 spiro atoms. The van der Waals surface area contributed by atoms with Crippen molar-refractivity contribution in [3.8, 4) is 22.6 Å². The Kier molecular flexibility index (Phi) is 19.4. The minimum absolute atomic E-state index is 0.109. The minimum atomic E-state index is -0.366. The maximum atomic E-state index is 12.0. The highest BCUT2D eigenvalue weighted by molar-refractivity contribution is 5.81. The minimum Gasteiger partial charge on any atom is -0.494 e. The van der Waals surface area contributed by atoms with Crippen LogP contribution in [0.5, 0.6) is 11.5 Å². The van der Waals surface area contributed by atoms with E-state index in [0.29, 0.717) is 45.9 Å². The lowest BCUT2D eigenvalue weighted by Gasteiger charge is -2.19. The second-order valence-electron chi connectivity index (χ2n) is 11.4. The Morgan fingerprint density at radius 2 is 1.24 bits per heavy atom. The van der Waals surface area contributed by atoms with Crippen LogP contribution in [0.4, 0.5) is 0 Å². The fourth-order valence-electron chi connectivity index (χ4n) is 5.08. The molecular weight excluding hydrogens is 570 g/mol. The SMILES string of the molecule is C=CC(=O)OCCCCCCOc1ccc(-c2ccc(OCCCCCCOC(=O)CCN(CCC)CCO)cc2C)c(C)c1. The molecule has 0 bridgehead atoms. The number of benzene rings is 2. The molecule has 0 aliphatic heterocycles. The number of unbranched alkanes of at least 4 members (excludes halogenated alkanes) is 6. The van der Waals surface area contributed by atoms with Gasteiger partial charge in [-0.2, -0.15) is 0 Å². The Labute approximate surface area is 270 Å². The van der Waals surface area contributed by atoms with Gasteiger partial charge in [0.15, 0.2) is 0 Å². The summed E-state index contributed by atoms with van der Waals surface area (Å²) >= 11 is 0. The summed E-state index contributed by atoms with van der Waals surface area (Å²) in [6, 6.07) is 12.5. The molecule has 0 fully saturated rings. The van der Waals surface area contributed by atoms with Crippen molar-refractivity contribution in [3.63, 3.8) is 0 Å². The lowest BCUT2D eigenvalue weighted by atomic mass is 9.96. The Morgan fingerprint density at radius 1 is 0.733 bits per heavy atom. The Hall–Kier alpha value is -3.36. The first-order valence-electron chi connectivity index (χ1n) is 16.6. The van der Waals surface area contributed by atoms with E-state index in [4.69, 9.17) is 24.1 Å². The lowest BCUT2D eigenvalue weighted by molar-refractivity contribution is -0.144. The van der Waals surface area contributed by atoms with Crippen molar-refractivity contribution in [1.29, 1.82) is 0 Å². The number of aliphatic hydroxyl groups is 1. The van der Waals surface area contributed by atoms with Crippen LogP contribution in [0.3, 0.4) is 0 Å². The summed E-state index contributed by atoms with van der Waals surface area (Å²) in [6.45, 7) is 14.1. The largest absolute Gasteiger partial charge is 0.494 e. The van der Waals surface area contributed by atoms with Gasteiger partial charge in [-0.3, -0.25) is 4.79 Å². The first kappa shape index (κ1) is 37.8. The van der Waals surface area contributed by atoms with Gasteiger partial charge in [-0.15, -0.1) is 0 Å². The highest BCUT2D eigenvalue weighted by atomic mass is 16.5. The molecule has 8 heteroatoms. The zero-order chi connectivity index (χ0) is 32.7. The van der Waals surface area contributed by atoms with Crippen molar-refractivity contribution in [2.24, 2.45) is 0 Å². The van der Waals surface area contributed by atoms with Crippen molar-refractivity contribution in [2.75, 3.05) is 52.7 Å². The molecule has 1 N–H and O–H groups in total. The van der Waals surface area contributed by atoms with E-state index in [-0.39, 0.29) is 18.5 Å². The summed E-state index contributed by atoms with van der Waals surface area (Å²) in [5.41, 5.74) is 4.70. The molecule has 0 atom stereocenters. The van der Waals surface area contributed by atoms with Gasteiger partial charge in [-0.25, -0.2) is 4.79 Å². The number of ether oxygens (including phenoxy) is 4. The Morgan fingerprint density at radius 3 is 1.71 bits per heavy atom. The third kappa shape index (κ3) is 16.0. The van der Waals surface area contributed by atoms with Crippen molar-refractivity contribution >= 4 is 11.9 Å². The molecular formula is C37H55NO7. The Bertz CT molecular complexity index is 1140. The average Bonchev–Trinajstić information content (AvgIpc) is 3.03. The van der Waals surface area contributed by atoms with Crippen LogP contribution in [0.2, 0.25) is 0 Å². The number of rotatable bonds is 25. The average molecular weight is 626 g/mol. The maximum absolute atomic E-state index is 12.0. The third-order valence-corrected chi connectivity index (χ3v) is 7.56. The van der Waals surface area contributed by atoms with Crippen LogP contribution < -0.4 is 9.47 Å². The van der Waals surface area contributed by atoms with Gasteiger partial charge in [-0.05, 0) is 125 Å². The summed E-state index contributed by atoms with van der Waals surface area (Å²) in [7, 11) is 0. The molecule has 0 aliphatic carbocycles. The van der Waals surface area contributed by atoms with Gasteiger partial charge in [-0.1, -0.05) is 25.6 Å². The highest BCUT2D eigenvalue weighted by Gasteiger charge is 2.10. The fourth-order valence-corrected chi connectivity index (χ4v) is 5.08. The molecule has 2 aromatic carbocycles. The predicted molar refractivity (Wildman–Crippen MR) is 180 cm³/mol. The number of esters is 2. The van der Waals surface area contributed by atoms with Crippen LogP contribution >= 0.6 is 0 Å². The van der Waals surface area contributed by atoms with Crippen molar-refractivity contribution in [2.45, 2.75) is 85.0 Å². The molecule has 0 radical (unpaired) electrons. The summed E-state index contributed by atoms with van der Waals surface area (Å²) in [5, 5.41) is 9.12. The molecule has 2 rings (SSSR count). The summed E-state index contributed by atoms with van der Waals surface area (Å²) in [5.74, 6) is 1.22. The maximum Gasteiger partial charge on any atom is 0.330 e. The topological polar surface area (TPSA) is 94.5 Å². The molecule has 45 heavy (non-hydrogen) atoms. The number of aliphatic hydroxyl groups excluding tert-OH is 1. The van der Waals surface area contributed by atoms with E-state index in [2.05, 4.69) is 56.5 Å². The van der Waals surface area contributed by atoms with E-state index in [9.17, 15) is 9.59 Å². The highest BCUT2D eigenvalue weighted by Crippen LogP contribution is 2.31. The molecule has 2 aromatic rings. The number of hydrogen-bond acceptors (Lipinski definition) is 8. The molecule has 0 saturated carbocycles. The third-order valence-electron chi connectivity index (χ3n) is 7.56. The normalized spacial score (nSPS) is 11.0. The van der Waals surface area contributed by atoms with Crippen molar-refractivity contribution in [1.82, 2.24) is 4.90 Å². The first-order valence-corrected chi connectivity index (χ1v) is 16.6. The molecule has 0 saturated heterocycles. The van der Waals surface area contributed by atoms with E-state index < -0.39 is 0 Å². The van der Waals surface area contributed by atoms with E-state index in [1.54, 1.807) is 0 Å².